The first-order valence-corrected chi connectivity index (χ1v) is 17.8. The summed E-state index contributed by atoms with van der Waals surface area (Å²) in [5.41, 5.74) is 13.7. The molecule has 0 aliphatic carbocycles. The van der Waals surface area contributed by atoms with E-state index in [2.05, 4.69) is 212 Å². The van der Waals surface area contributed by atoms with Gasteiger partial charge in [-0.25, -0.2) is 0 Å². The average Bonchev–Trinajstić information content (AvgIpc) is 3.17. The van der Waals surface area contributed by atoms with E-state index in [1.165, 1.54) is 82.5 Å². The van der Waals surface area contributed by atoms with E-state index >= 15 is 0 Å². The normalized spacial score (nSPS) is 14.5. The van der Waals surface area contributed by atoms with Gasteiger partial charge in [-0.05, 0) is 143 Å². The molecule has 5 aromatic rings. The standard InChI is InChI=1S/C50H50/c1-8-11-18-42-21-15-16-24-49(42)50(48(10-3)46-32-31-44-33-40(9-2)29-30-45(44)35-46)47-23-17-22-43(34-47)39(7)28-26-37(5)36(4)25-27-38(6)41-19-13-12-14-20-41/h8,10-35H,9H2,1-7H3/b11-8+,36-25+,37-26+,38-27+,39-28+,42-18-,48-10+,50-49-. The maximum absolute atomic E-state index is 2.35. The van der Waals surface area contributed by atoms with Crippen LogP contribution in [0, 0.1) is 0 Å². The number of allylic oxidation sites excluding steroid dienone is 12. The highest BCUT2D eigenvalue weighted by Gasteiger charge is 2.14. The number of aryl methyl sites for hydroxylation is 1. The summed E-state index contributed by atoms with van der Waals surface area (Å²) < 4.78 is 0. The average molecular weight is 651 g/mol. The lowest BCUT2D eigenvalue weighted by atomic mass is 9.87. The van der Waals surface area contributed by atoms with Crippen molar-refractivity contribution in [2.45, 2.75) is 54.9 Å². The summed E-state index contributed by atoms with van der Waals surface area (Å²) in [7, 11) is 0. The summed E-state index contributed by atoms with van der Waals surface area (Å²) in [6, 6.07) is 42.0. The minimum Gasteiger partial charge on any atom is -0.0876 e. The van der Waals surface area contributed by atoms with Crippen LogP contribution in [0.4, 0.5) is 0 Å². The van der Waals surface area contributed by atoms with Crippen LogP contribution in [-0.4, -0.2) is 0 Å². The van der Waals surface area contributed by atoms with Crippen LogP contribution >= 0.6 is 0 Å². The van der Waals surface area contributed by atoms with Gasteiger partial charge in [-0.15, -0.1) is 0 Å². The zero-order chi connectivity index (χ0) is 35.5. The molecule has 0 heterocycles. The van der Waals surface area contributed by atoms with Gasteiger partial charge in [-0.1, -0.05) is 159 Å². The molecular formula is C50H50. The van der Waals surface area contributed by atoms with Crippen LogP contribution in [0.2, 0.25) is 0 Å². The van der Waals surface area contributed by atoms with Crippen molar-refractivity contribution in [3.8, 4) is 0 Å². The lowest BCUT2D eigenvalue weighted by Crippen LogP contribution is -2.27. The molecule has 250 valence electrons. The second-order valence-corrected chi connectivity index (χ2v) is 13.0. The Bertz CT molecular complexity index is 2280. The summed E-state index contributed by atoms with van der Waals surface area (Å²) in [5, 5.41) is 4.96. The van der Waals surface area contributed by atoms with Crippen LogP contribution in [0.15, 0.2) is 169 Å². The van der Waals surface area contributed by atoms with Crippen molar-refractivity contribution in [2.24, 2.45) is 0 Å². The monoisotopic (exact) mass is 650 g/mol. The summed E-state index contributed by atoms with van der Waals surface area (Å²) >= 11 is 0. The van der Waals surface area contributed by atoms with Crippen molar-refractivity contribution >= 4 is 39.1 Å². The fraction of sp³-hybridized carbons (Fsp3) is 0.160. The Hall–Kier alpha value is -5.46. The zero-order valence-electron chi connectivity index (χ0n) is 30.8. The van der Waals surface area contributed by atoms with E-state index in [1.807, 2.05) is 0 Å². The number of hydrogen-bond acceptors (Lipinski definition) is 0. The highest BCUT2D eigenvalue weighted by atomic mass is 14.2. The van der Waals surface area contributed by atoms with Gasteiger partial charge in [0.05, 0.1) is 0 Å². The molecular weight excluding hydrogens is 601 g/mol. The van der Waals surface area contributed by atoms with E-state index in [1.54, 1.807) is 0 Å². The summed E-state index contributed by atoms with van der Waals surface area (Å²) in [6.07, 6.45) is 18.6. The molecule has 0 radical (unpaired) electrons. The van der Waals surface area contributed by atoms with Gasteiger partial charge in [0.1, 0.15) is 0 Å². The molecule has 0 spiro atoms. The van der Waals surface area contributed by atoms with Crippen LogP contribution < -0.4 is 10.4 Å². The van der Waals surface area contributed by atoms with Crippen LogP contribution in [-0.2, 0) is 6.42 Å². The molecule has 50 heavy (non-hydrogen) atoms. The quantitative estimate of drug-likeness (QED) is 0.132. The summed E-state index contributed by atoms with van der Waals surface area (Å²) in [6.45, 7) is 15.2. The molecule has 0 N–H and O–H groups in total. The van der Waals surface area contributed by atoms with Crippen LogP contribution in [0.3, 0.4) is 0 Å². The second kappa shape index (κ2) is 17.3. The molecule has 0 atom stereocenters. The third kappa shape index (κ3) is 8.76. The fourth-order valence-electron chi connectivity index (χ4n) is 6.24. The molecule has 0 saturated carbocycles. The smallest absolute Gasteiger partial charge is 0.00299 e. The van der Waals surface area contributed by atoms with Crippen LogP contribution in [0.1, 0.15) is 76.3 Å². The lowest BCUT2D eigenvalue weighted by Gasteiger charge is -2.16. The molecule has 0 aliphatic rings. The third-order valence-corrected chi connectivity index (χ3v) is 9.50. The number of hydrogen-bond donors (Lipinski definition) is 0. The van der Waals surface area contributed by atoms with Crippen molar-refractivity contribution in [3.63, 3.8) is 0 Å². The molecule has 0 heteroatoms. The van der Waals surface area contributed by atoms with E-state index in [4.69, 9.17) is 0 Å². The van der Waals surface area contributed by atoms with Crippen molar-refractivity contribution in [3.05, 3.63) is 207 Å². The van der Waals surface area contributed by atoms with E-state index in [0.29, 0.717) is 0 Å². The second-order valence-electron chi connectivity index (χ2n) is 13.0. The predicted octanol–water partition coefficient (Wildman–Crippen LogP) is 12.5. The van der Waals surface area contributed by atoms with Gasteiger partial charge in [-0.3, -0.25) is 0 Å². The van der Waals surface area contributed by atoms with E-state index < -0.39 is 0 Å². The van der Waals surface area contributed by atoms with Gasteiger partial charge >= 0.3 is 0 Å². The Morgan fingerprint density at radius 3 is 1.86 bits per heavy atom. The van der Waals surface area contributed by atoms with Crippen LogP contribution in [0.25, 0.3) is 39.1 Å². The number of fused-ring (bicyclic) bond motifs is 1. The predicted molar refractivity (Wildman–Crippen MR) is 222 cm³/mol. The maximum Gasteiger partial charge on any atom is -0.00299 e. The highest BCUT2D eigenvalue weighted by molar-refractivity contribution is 6.06. The van der Waals surface area contributed by atoms with Gasteiger partial charge in [-0.2, -0.15) is 0 Å². The minimum absolute atomic E-state index is 1.04. The van der Waals surface area contributed by atoms with Gasteiger partial charge < -0.3 is 0 Å². The zero-order valence-corrected chi connectivity index (χ0v) is 30.8. The molecule has 0 aromatic heterocycles. The Morgan fingerprint density at radius 2 is 1.16 bits per heavy atom. The number of rotatable bonds is 10. The molecule has 0 amide bonds. The number of benzene rings is 5. The molecule has 0 saturated heterocycles. The van der Waals surface area contributed by atoms with Crippen molar-refractivity contribution in [1.29, 1.82) is 0 Å². The summed E-state index contributed by atoms with van der Waals surface area (Å²) in [4.78, 5) is 0. The Kier molecular flexibility index (Phi) is 12.4. The minimum atomic E-state index is 1.04. The van der Waals surface area contributed by atoms with Gasteiger partial charge in [0.15, 0.2) is 0 Å². The van der Waals surface area contributed by atoms with Crippen molar-refractivity contribution in [1.82, 2.24) is 0 Å². The topological polar surface area (TPSA) is 0 Å². The molecule has 5 rings (SSSR count). The molecule has 0 unspecified atom stereocenters. The van der Waals surface area contributed by atoms with Crippen LogP contribution in [0.5, 0.6) is 0 Å². The summed E-state index contributed by atoms with van der Waals surface area (Å²) in [5.74, 6) is 0. The first-order valence-electron chi connectivity index (χ1n) is 17.8. The molecule has 0 nitrogen and oxygen atoms in total. The molecule has 5 aromatic carbocycles. The van der Waals surface area contributed by atoms with Gasteiger partial charge in [0.2, 0.25) is 0 Å². The first kappa shape index (κ1) is 35.8. The Balaban J connectivity index is 1.59. The highest BCUT2D eigenvalue weighted by Crippen LogP contribution is 2.33. The van der Waals surface area contributed by atoms with Crippen molar-refractivity contribution < 1.29 is 0 Å². The third-order valence-electron chi connectivity index (χ3n) is 9.50. The molecule has 0 bridgehead atoms. The maximum atomic E-state index is 2.35. The fourth-order valence-corrected chi connectivity index (χ4v) is 6.24. The molecule has 0 fully saturated rings. The van der Waals surface area contributed by atoms with E-state index in [0.717, 1.165) is 6.42 Å². The molecule has 0 aliphatic heterocycles. The largest absolute Gasteiger partial charge is 0.0876 e. The first-order chi connectivity index (χ1) is 24.3. The van der Waals surface area contributed by atoms with Gasteiger partial charge in [0, 0.05) is 0 Å². The SMILES string of the molecule is C/C=C/C=c1/cccc/c1=C(/C(=C/C)c1ccc2cc(CC)ccc2c1)c1cccc(/C(C)=C/C=C(C)/C(C)=C/C=C(\C)c2ccccc2)c1. The Labute approximate surface area is 300 Å². The Morgan fingerprint density at radius 1 is 0.540 bits per heavy atom. The lowest BCUT2D eigenvalue weighted by molar-refractivity contribution is 1.15. The van der Waals surface area contributed by atoms with Gasteiger partial charge in [0.25, 0.3) is 0 Å². The van der Waals surface area contributed by atoms with Crippen molar-refractivity contribution in [2.75, 3.05) is 0 Å². The van der Waals surface area contributed by atoms with E-state index in [-0.39, 0.29) is 0 Å². The van der Waals surface area contributed by atoms with E-state index in [9.17, 15) is 0 Å².